The highest BCUT2D eigenvalue weighted by Gasteiger charge is 2.24. The number of thiocarbonyl (C=S) groups is 1. The number of nitrogens with one attached hydrogen (secondary N) is 1. The lowest BCUT2D eigenvalue weighted by atomic mass is 10.1. The van der Waals surface area contributed by atoms with Gasteiger partial charge in [-0.3, -0.25) is 0 Å². The summed E-state index contributed by atoms with van der Waals surface area (Å²) in [6, 6.07) is 13.9. The second-order valence-corrected chi connectivity index (χ2v) is 7.65. The van der Waals surface area contributed by atoms with Gasteiger partial charge >= 0.3 is 0 Å². The summed E-state index contributed by atoms with van der Waals surface area (Å²) in [4.78, 5) is 1.25. The SMILES string of the molecule is Cc1cc(C)cc(NC(=S)/C(=C(\O)c2cccs2)[n+]2cccc(C)c2)c1. The average Bonchev–Trinajstić information content (AvgIpc) is 3.08. The summed E-state index contributed by atoms with van der Waals surface area (Å²) in [7, 11) is 0. The topological polar surface area (TPSA) is 36.1 Å². The van der Waals surface area contributed by atoms with Crippen LogP contribution in [0.15, 0.2) is 60.2 Å². The highest BCUT2D eigenvalue weighted by atomic mass is 32.1. The predicted octanol–water partition coefficient (Wildman–Crippen LogP) is 5.28. The van der Waals surface area contributed by atoms with E-state index in [2.05, 4.69) is 25.2 Å². The van der Waals surface area contributed by atoms with Gasteiger partial charge in [0.1, 0.15) is 0 Å². The first kappa shape index (κ1) is 18.3. The molecule has 3 aromatic rings. The molecule has 0 aliphatic carbocycles. The van der Waals surface area contributed by atoms with Crippen molar-refractivity contribution in [3.05, 3.63) is 81.8 Å². The Kier molecular flexibility index (Phi) is 5.49. The van der Waals surface area contributed by atoms with E-state index >= 15 is 0 Å². The van der Waals surface area contributed by atoms with Crippen molar-refractivity contribution in [1.82, 2.24) is 0 Å². The largest absolute Gasteiger partial charge is 0.501 e. The average molecular weight is 382 g/mol. The lowest BCUT2D eigenvalue weighted by molar-refractivity contribution is -0.576. The fraction of sp³-hybridized carbons (Fsp3) is 0.143. The number of benzene rings is 1. The summed E-state index contributed by atoms with van der Waals surface area (Å²) < 4.78 is 1.86. The van der Waals surface area contributed by atoms with E-state index in [4.69, 9.17) is 12.2 Å². The number of aliphatic hydroxyl groups is 1. The molecule has 0 unspecified atom stereocenters. The van der Waals surface area contributed by atoms with Crippen molar-refractivity contribution in [3.63, 3.8) is 0 Å². The molecule has 0 spiro atoms. The van der Waals surface area contributed by atoms with Gasteiger partial charge in [0.2, 0.25) is 5.76 Å². The predicted molar refractivity (Wildman–Crippen MR) is 114 cm³/mol. The third-order valence-electron chi connectivity index (χ3n) is 3.88. The lowest BCUT2D eigenvalue weighted by Gasteiger charge is -2.11. The standard InChI is InChI=1S/C21H20N2OS2/c1-14-6-4-8-23(13-14)19(20(24)18-7-5-9-26-18)21(25)22-17-11-15(2)10-16(3)12-17/h4-13H,1-3H3,(H-,22,24,25)/p+1. The Morgan fingerprint density at radius 3 is 2.38 bits per heavy atom. The Labute approximate surface area is 163 Å². The Morgan fingerprint density at radius 2 is 1.77 bits per heavy atom. The Morgan fingerprint density at radius 1 is 1.04 bits per heavy atom. The fourth-order valence-electron chi connectivity index (χ4n) is 2.85. The zero-order chi connectivity index (χ0) is 18.7. The first-order valence-corrected chi connectivity index (χ1v) is 9.58. The molecule has 0 aliphatic rings. The van der Waals surface area contributed by atoms with Crippen molar-refractivity contribution in [2.24, 2.45) is 0 Å². The van der Waals surface area contributed by atoms with Crippen LogP contribution < -0.4 is 9.88 Å². The van der Waals surface area contributed by atoms with Gasteiger partial charge in [-0.05, 0) is 61.5 Å². The van der Waals surface area contributed by atoms with Crippen LogP contribution >= 0.6 is 23.6 Å². The Hall–Kier alpha value is -2.50. The quantitative estimate of drug-likeness (QED) is 0.279. The number of hydrogen-bond acceptors (Lipinski definition) is 3. The van der Waals surface area contributed by atoms with E-state index in [9.17, 15) is 5.11 Å². The molecule has 0 aliphatic heterocycles. The first-order chi connectivity index (χ1) is 12.4. The minimum absolute atomic E-state index is 0.164. The number of nitrogens with zero attached hydrogens (tertiary/aromatic N) is 1. The molecule has 0 fully saturated rings. The van der Waals surface area contributed by atoms with Crippen molar-refractivity contribution < 1.29 is 9.67 Å². The zero-order valence-electron chi connectivity index (χ0n) is 15.0. The molecule has 5 heteroatoms. The Bertz CT molecular complexity index is 955. The summed E-state index contributed by atoms with van der Waals surface area (Å²) in [6.45, 7) is 6.11. The highest BCUT2D eigenvalue weighted by Crippen LogP contribution is 2.23. The van der Waals surface area contributed by atoms with Crippen LogP contribution in [0.1, 0.15) is 21.6 Å². The highest BCUT2D eigenvalue weighted by molar-refractivity contribution is 7.81. The minimum atomic E-state index is 0.164. The van der Waals surface area contributed by atoms with Crippen molar-refractivity contribution in [2.45, 2.75) is 20.8 Å². The number of aliphatic hydroxyl groups excluding tert-OH is 1. The summed E-state index contributed by atoms with van der Waals surface area (Å²) in [5, 5.41) is 16.1. The molecular weight excluding hydrogens is 360 g/mol. The number of aromatic nitrogens is 1. The fourth-order valence-corrected chi connectivity index (χ4v) is 3.84. The van der Waals surface area contributed by atoms with E-state index in [-0.39, 0.29) is 5.76 Å². The van der Waals surface area contributed by atoms with Gasteiger partial charge in [-0.2, -0.15) is 4.57 Å². The number of rotatable bonds is 4. The van der Waals surface area contributed by atoms with E-state index in [0.717, 1.165) is 27.3 Å². The number of thiophene rings is 1. The van der Waals surface area contributed by atoms with Gasteiger partial charge in [-0.1, -0.05) is 24.4 Å². The van der Waals surface area contributed by atoms with Gasteiger partial charge in [0, 0.05) is 17.3 Å². The van der Waals surface area contributed by atoms with Crippen LogP contribution in [0.3, 0.4) is 0 Å². The minimum Gasteiger partial charge on any atom is -0.501 e. The zero-order valence-corrected chi connectivity index (χ0v) is 16.6. The van der Waals surface area contributed by atoms with E-state index < -0.39 is 0 Å². The molecule has 0 saturated carbocycles. The molecule has 1 aromatic carbocycles. The molecule has 3 rings (SSSR count). The molecule has 2 aromatic heterocycles. The summed E-state index contributed by atoms with van der Waals surface area (Å²) in [6.07, 6.45) is 3.84. The van der Waals surface area contributed by atoms with Gasteiger partial charge in [-0.15, -0.1) is 11.3 Å². The summed E-state index contributed by atoms with van der Waals surface area (Å²) in [5.41, 5.74) is 4.87. The number of pyridine rings is 1. The molecule has 0 amide bonds. The van der Waals surface area contributed by atoms with Gasteiger partial charge in [-0.25, -0.2) is 0 Å². The molecule has 2 heterocycles. The van der Waals surface area contributed by atoms with E-state index in [1.54, 1.807) is 0 Å². The number of hydrogen-bond donors (Lipinski definition) is 2. The van der Waals surface area contributed by atoms with Crippen LogP contribution in [0.5, 0.6) is 0 Å². The molecule has 0 radical (unpaired) electrons. The first-order valence-electron chi connectivity index (χ1n) is 8.29. The van der Waals surface area contributed by atoms with E-state index in [1.807, 2.05) is 65.7 Å². The molecular formula is C21H21N2OS2+. The monoisotopic (exact) mass is 381 g/mol. The van der Waals surface area contributed by atoms with Crippen LogP contribution in [0.2, 0.25) is 0 Å². The van der Waals surface area contributed by atoms with Gasteiger partial charge < -0.3 is 10.4 Å². The molecule has 0 bridgehead atoms. The number of aryl methyl sites for hydroxylation is 3. The third kappa shape index (κ3) is 4.18. The van der Waals surface area contributed by atoms with Crippen LogP contribution in [-0.2, 0) is 0 Å². The summed E-state index contributed by atoms with van der Waals surface area (Å²) in [5.74, 6) is 0.164. The third-order valence-corrected chi connectivity index (χ3v) is 5.05. The van der Waals surface area contributed by atoms with Crippen LogP contribution in [0.25, 0.3) is 11.5 Å². The van der Waals surface area contributed by atoms with Gasteiger partial charge in [0.15, 0.2) is 17.4 Å². The van der Waals surface area contributed by atoms with Crippen LogP contribution in [0.4, 0.5) is 5.69 Å². The smallest absolute Gasteiger partial charge is 0.289 e. The van der Waals surface area contributed by atoms with Crippen molar-refractivity contribution in [3.8, 4) is 0 Å². The molecule has 3 nitrogen and oxygen atoms in total. The second-order valence-electron chi connectivity index (χ2n) is 6.29. The van der Waals surface area contributed by atoms with Crippen LogP contribution in [0, 0.1) is 20.8 Å². The molecule has 0 saturated heterocycles. The summed E-state index contributed by atoms with van der Waals surface area (Å²) >= 11 is 7.15. The van der Waals surface area contributed by atoms with Crippen molar-refractivity contribution in [2.75, 3.05) is 5.32 Å². The van der Waals surface area contributed by atoms with Gasteiger partial charge in [0.05, 0.1) is 4.88 Å². The molecule has 132 valence electrons. The molecule has 26 heavy (non-hydrogen) atoms. The van der Waals surface area contributed by atoms with Crippen molar-refractivity contribution in [1.29, 1.82) is 0 Å². The molecule has 2 N–H and O–H groups in total. The lowest BCUT2D eigenvalue weighted by Crippen LogP contribution is -2.38. The molecule has 0 atom stereocenters. The maximum absolute atomic E-state index is 10.9. The van der Waals surface area contributed by atoms with Gasteiger partial charge in [0.25, 0.3) is 5.70 Å². The second kappa shape index (κ2) is 7.81. The number of anilines is 1. The van der Waals surface area contributed by atoms with Crippen molar-refractivity contribution >= 4 is 45.7 Å². The van der Waals surface area contributed by atoms with Crippen LogP contribution in [-0.4, -0.2) is 10.1 Å². The normalized spacial score (nSPS) is 11.8. The maximum atomic E-state index is 10.9. The maximum Gasteiger partial charge on any atom is 0.289 e. The van der Waals surface area contributed by atoms with E-state index in [0.29, 0.717) is 10.7 Å². The van der Waals surface area contributed by atoms with E-state index in [1.165, 1.54) is 11.3 Å². The Balaban J connectivity index is 2.06.